The third kappa shape index (κ3) is 5.54. The van der Waals surface area contributed by atoms with E-state index in [2.05, 4.69) is 10.6 Å². The van der Waals surface area contributed by atoms with Gasteiger partial charge in [-0.05, 0) is 26.2 Å². The van der Waals surface area contributed by atoms with Crippen LogP contribution in [-0.2, 0) is 14.4 Å². The van der Waals surface area contributed by atoms with Crippen LogP contribution in [0.15, 0.2) is 11.1 Å². The molecule has 0 saturated carbocycles. The summed E-state index contributed by atoms with van der Waals surface area (Å²) in [6.07, 6.45) is 0.491. The van der Waals surface area contributed by atoms with E-state index >= 15 is 0 Å². The lowest BCUT2D eigenvalue weighted by Gasteiger charge is -2.19. The molecule has 19 heavy (non-hydrogen) atoms. The second-order valence-electron chi connectivity index (χ2n) is 4.83. The first-order chi connectivity index (χ1) is 8.70. The number of carboxylic acids is 1. The Morgan fingerprint density at radius 3 is 2.00 bits per heavy atom. The van der Waals surface area contributed by atoms with E-state index in [4.69, 9.17) is 5.11 Å². The number of carbonyl (C=O) groups is 3. The quantitative estimate of drug-likeness (QED) is 0.619. The minimum absolute atomic E-state index is 0.0299. The monoisotopic (exact) mass is 270 g/mol. The summed E-state index contributed by atoms with van der Waals surface area (Å²) in [4.78, 5) is 34.3. The fraction of sp³-hybridized carbons (Fsp3) is 0.615. The first-order valence-corrected chi connectivity index (χ1v) is 6.13. The highest BCUT2D eigenvalue weighted by molar-refractivity contribution is 6.02. The Morgan fingerprint density at radius 1 is 1.11 bits per heavy atom. The minimum atomic E-state index is -1.15. The molecule has 0 aliphatic rings. The van der Waals surface area contributed by atoms with Crippen LogP contribution in [0.4, 0.5) is 0 Å². The van der Waals surface area contributed by atoms with Gasteiger partial charge in [0, 0.05) is 18.2 Å². The molecule has 2 amide bonds. The molecule has 0 aromatic heterocycles. The van der Waals surface area contributed by atoms with Gasteiger partial charge in [-0.25, -0.2) is 4.79 Å². The number of carbonyl (C=O) groups excluding carboxylic acids is 2. The lowest BCUT2D eigenvalue weighted by atomic mass is 10.0. The molecule has 6 heteroatoms. The summed E-state index contributed by atoms with van der Waals surface area (Å²) in [7, 11) is 1.49. The van der Waals surface area contributed by atoms with E-state index in [0.717, 1.165) is 0 Å². The summed E-state index contributed by atoms with van der Waals surface area (Å²) in [5.41, 5.74) is 0.0721. The largest absolute Gasteiger partial charge is 0.478 e. The van der Waals surface area contributed by atoms with Crippen molar-refractivity contribution in [1.82, 2.24) is 10.6 Å². The molecule has 0 aliphatic carbocycles. The first-order valence-electron chi connectivity index (χ1n) is 6.13. The molecule has 0 aromatic carbocycles. The number of carboxylic acid groups (broad SMARTS) is 1. The van der Waals surface area contributed by atoms with E-state index in [1.54, 1.807) is 0 Å². The maximum atomic E-state index is 11.9. The van der Waals surface area contributed by atoms with Gasteiger partial charge in [-0.2, -0.15) is 0 Å². The maximum absolute atomic E-state index is 11.9. The van der Waals surface area contributed by atoms with Gasteiger partial charge in [-0.15, -0.1) is 0 Å². The van der Waals surface area contributed by atoms with Crippen LogP contribution in [0.1, 0.15) is 34.1 Å². The van der Waals surface area contributed by atoms with Gasteiger partial charge in [0.05, 0.1) is 0 Å². The van der Waals surface area contributed by atoms with Crippen molar-refractivity contribution in [3.63, 3.8) is 0 Å². The third-order valence-corrected chi connectivity index (χ3v) is 2.80. The Labute approximate surface area is 113 Å². The highest BCUT2D eigenvalue weighted by Gasteiger charge is 2.22. The number of hydrogen-bond acceptors (Lipinski definition) is 3. The lowest BCUT2D eigenvalue weighted by molar-refractivity contribution is -0.133. The average molecular weight is 270 g/mol. The molecule has 6 nitrogen and oxygen atoms in total. The summed E-state index contributed by atoms with van der Waals surface area (Å²) < 4.78 is 0. The SMILES string of the molecule is CNC(=O)C(CC(C)C)NC(=O)/C(C)=C(/C)C(=O)O. The third-order valence-electron chi connectivity index (χ3n) is 2.80. The standard InChI is InChI=1S/C13H22N2O4/c1-7(2)6-10(12(17)14-5)15-11(16)8(3)9(4)13(18)19/h7,10H,6H2,1-5H3,(H,14,17)(H,15,16)(H,18,19)/b9-8-. The van der Waals surface area contributed by atoms with Gasteiger partial charge in [0.25, 0.3) is 0 Å². The smallest absolute Gasteiger partial charge is 0.331 e. The molecule has 0 fully saturated rings. The number of nitrogens with one attached hydrogen (secondary N) is 2. The maximum Gasteiger partial charge on any atom is 0.331 e. The predicted molar refractivity (Wildman–Crippen MR) is 71.5 cm³/mol. The molecule has 0 saturated heterocycles. The topological polar surface area (TPSA) is 95.5 Å². The van der Waals surface area contributed by atoms with Crippen LogP contribution < -0.4 is 10.6 Å². The fourth-order valence-electron chi connectivity index (χ4n) is 1.47. The van der Waals surface area contributed by atoms with E-state index < -0.39 is 17.9 Å². The number of aliphatic carboxylic acids is 1. The summed E-state index contributed by atoms with van der Waals surface area (Å²) >= 11 is 0. The molecule has 0 aliphatic heterocycles. The van der Waals surface area contributed by atoms with Crippen molar-refractivity contribution in [2.24, 2.45) is 5.92 Å². The van der Waals surface area contributed by atoms with Gasteiger partial charge in [-0.3, -0.25) is 9.59 Å². The lowest BCUT2D eigenvalue weighted by Crippen LogP contribution is -2.46. The van der Waals surface area contributed by atoms with Crippen molar-refractivity contribution in [3.8, 4) is 0 Å². The number of hydrogen-bond donors (Lipinski definition) is 3. The number of rotatable bonds is 6. The van der Waals surface area contributed by atoms with Crippen LogP contribution >= 0.6 is 0 Å². The minimum Gasteiger partial charge on any atom is -0.478 e. The highest BCUT2D eigenvalue weighted by atomic mass is 16.4. The summed E-state index contributed by atoms with van der Waals surface area (Å²) in [5.74, 6) is -1.74. The zero-order valence-corrected chi connectivity index (χ0v) is 12.0. The summed E-state index contributed by atoms with van der Waals surface area (Å²) in [6.45, 7) is 6.66. The van der Waals surface area contributed by atoms with Gasteiger partial charge in [0.1, 0.15) is 6.04 Å². The number of amides is 2. The molecule has 1 atom stereocenters. The Morgan fingerprint density at radius 2 is 1.63 bits per heavy atom. The van der Waals surface area contributed by atoms with Crippen LogP contribution in [0.3, 0.4) is 0 Å². The second-order valence-corrected chi connectivity index (χ2v) is 4.83. The molecule has 0 rings (SSSR count). The number of likely N-dealkylation sites (N-methyl/N-ethyl adjacent to an activating group) is 1. The second kappa shape index (κ2) is 7.56. The summed E-state index contributed by atoms with van der Waals surface area (Å²) in [6, 6.07) is -0.658. The van der Waals surface area contributed by atoms with Crippen molar-refractivity contribution in [1.29, 1.82) is 0 Å². The molecule has 0 aromatic rings. The zero-order valence-electron chi connectivity index (χ0n) is 12.0. The van der Waals surface area contributed by atoms with Crippen LogP contribution in [0, 0.1) is 5.92 Å². The van der Waals surface area contributed by atoms with Crippen molar-refractivity contribution in [3.05, 3.63) is 11.1 Å². The van der Waals surface area contributed by atoms with Crippen LogP contribution in [0.25, 0.3) is 0 Å². The Hall–Kier alpha value is -1.85. The summed E-state index contributed by atoms with van der Waals surface area (Å²) in [5, 5.41) is 13.9. The predicted octanol–water partition coefficient (Wildman–Crippen LogP) is 0.684. The highest BCUT2D eigenvalue weighted by Crippen LogP contribution is 2.08. The van der Waals surface area contributed by atoms with Crippen molar-refractivity contribution in [2.45, 2.75) is 40.2 Å². The van der Waals surface area contributed by atoms with E-state index in [1.165, 1.54) is 20.9 Å². The van der Waals surface area contributed by atoms with Crippen LogP contribution in [0.5, 0.6) is 0 Å². The Bertz CT molecular complexity index is 399. The average Bonchev–Trinajstić information content (AvgIpc) is 2.34. The normalized spacial score (nSPS) is 13.6. The van der Waals surface area contributed by atoms with Crippen LogP contribution in [0.2, 0.25) is 0 Å². The van der Waals surface area contributed by atoms with Gasteiger partial charge in [0.15, 0.2) is 0 Å². The van der Waals surface area contributed by atoms with Crippen molar-refractivity contribution < 1.29 is 19.5 Å². The molecule has 1 unspecified atom stereocenters. The molecule has 0 bridgehead atoms. The Balaban J connectivity index is 4.96. The first kappa shape index (κ1) is 17.2. The fourth-order valence-corrected chi connectivity index (χ4v) is 1.47. The van der Waals surface area contributed by atoms with Gasteiger partial charge >= 0.3 is 5.97 Å². The van der Waals surface area contributed by atoms with Crippen molar-refractivity contribution >= 4 is 17.8 Å². The zero-order chi connectivity index (χ0) is 15.2. The van der Waals surface area contributed by atoms with Crippen LogP contribution in [-0.4, -0.2) is 36.0 Å². The molecule has 0 radical (unpaired) electrons. The molecular weight excluding hydrogens is 248 g/mol. The van der Waals surface area contributed by atoms with Gasteiger partial charge in [-0.1, -0.05) is 13.8 Å². The molecule has 108 valence electrons. The van der Waals surface area contributed by atoms with Gasteiger partial charge < -0.3 is 15.7 Å². The molecule has 3 N–H and O–H groups in total. The van der Waals surface area contributed by atoms with E-state index in [9.17, 15) is 14.4 Å². The van der Waals surface area contributed by atoms with E-state index in [1.807, 2.05) is 13.8 Å². The molecular formula is C13H22N2O4. The van der Waals surface area contributed by atoms with E-state index in [0.29, 0.717) is 6.42 Å². The Kier molecular flexibility index (Phi) is 6.82. The van der Waals surface area contributed by atoms with Crippen molar-refractivity contribution in [2.75, 3.05) is 7.05 Å². The molecule has 0 heterocycles. The van der Waals surface area contributed by atoms with Gasteiger partial charge in [0.2, 0.25) is 11.8 Å². The molecule has 0 spiro atoms. The van der Waals surface area contributed by atoms with E-state index in [-0.39, 0.29) is 23.0 Å².